The van der Waals surface area contributed by atoms with Crippen LogP contribution in [0.3, 0.4) is 0 Å². The van der Waals surface area contributed by atoms with Crippen LogP contribution in [-0.4, -0.2) is 49.3 Å². The van der Waals surface area contributed by atoms with E-state index in [9.17, 15) is 5.11 Å². The highest BCUT2D eigenvalue weighted by Crippen LogP contribution is 2.05. The monoisotopic (exact) mass is 228 g/mol. The zero-order valence-electron chi connectivity index (χ0n) is 11.1. The number of likely N-dealkylation sites (N-methyl/N-ethyl adjacent to an activating group) is 1. The molecule has 0 aliphatic carbocycles. The van der Waals surface area contributed by atoms with Crippen LogP contribution in [0.4, 0.5) is 0 Å². The summed E-state index contributed by atoms with van der Waals surface area (Å²) in [6.07, 6.45) is 6.19. The zero-order chi connectivity index (χ0) is 12.4. The highest BCUT2D eigenvalue weighted by molar-refractivity contribution is 4.75. The summed E-state index contributed by atoms with van der Waals surface area (Å²) in [4.78, 5) is 2.00. The first-order valence-corrected chi connectivity index (χ1v) is 6.27. The smallest absolute Gasteiger partial charge is 0.0791 e. The molecule has 0 amide bonds. The van der Waals surface area contributed by atoms with E-state index in [2.05, 4.69) is 18.8 Å². The van der Waals surface area contributed by atoms with Crippen molar-refractivity contribution in [1.82, 2.24) is 10.2 Å². The average molecular weight is 228 g/mol. The minimum absolute atomic E-state index is 0.280. The van der Waals surface area contributed by atoms with Crippen LogP contribution >= 0.6 is 0 Å². The highest BCUT2D eigenvalue weighted by atomic mass is 16.3. The van der Waals surface area contributed by atoms with Crippen molar-refractivity contribution in [2.24, 2.45) is 0 Å². The summed E-state index contributed by atoms with van der Waals surface area (Å²) >= 11 is 0. The Hall–Kier alpha value is -0.380. The normalized spacial score (nSPS) is 15.1. The van der Waals surface area contributed by atoms with Crippen LogP contribution in [0.2, 0.25) is 0 Å². The molecular formula is C13H28N2O. The molecule has 0 aliphatic heterocycles. The standard InChI is InChI=1S/C13H28N2O/c1-5-7-9-12(8-6-2)14-10-13(16)11-15(3)4/h5,12-14,16H,1,6-11H2,2-4H3. The third-order valence-corrected chi connectivity index (χ3v) is 2.57. The van der Waals surface area contributed by atoms with Gasteiger partial charge < -0.3 is 15.3 Å². The molecule has 96 valence electrons. The van der Waals surface area contributed by atoms with E-state index in [1.165, 1.54) is 12.8 Å². The Bertz CT molecular complexity index is 171. The second kappa shape index (κ2) is 9.82. The summed E-state index contributed by atoms with van der Waals surface area (Å²) in [5.74, 6) is 0. The Morgan fingerprint density at radius 1 is 1.38 bits per heavy atom. The van der Waals surface area contributed by atoms with Crippen molar-refractivity contribution in [3.8, 4) is 0 Å². The van der Waals surface area contributed by atoms with E-state index in [1.807, 2.05) is 25.1 Å². The summed E-state index contributed by atoms with van der Waals surface area (Å²) in [7, 11) is 3.95. The molecule has 3 nitrogen and oxygen atoms in total. The zero-order valence-corrected chi connectivity index (χ0v) is 11.1. The Kier molecular flexibility index (Phi) is 9.59. The van der Waals surface area contributed by atoms with Gasteiger partial charge in [-0.2, -0.15) is 0 Å². The minimum atomic E-state index is -0.280. The number of nitrogens with zero attached hydrogens (tertiary/aromatic N) is 1. The van der Waals surface area contributed by atoms with Gasteiger partial charge in [-0.25, -0.2) is 0 Å². The van der Waals surface area contributed by atoms with E-state index in [-0.39, 0.29) is 6.10 Å². The number of rotatable bonds is 10. The second-order valence-corrected chi connectivity index (χ2v) is 4.68. The fourth-order valence-electron chi connectivity index (χ4n) is 1.80. The second-order valence-electron chi connectivity index (χ2n) is 4.68. The summed E-state index contributed by atoms with van der Waals surface area (Å²) in [6, 6.07) is 0.514. The molecule has 0 heterocycles. The molecule has 16 heavy (non-hydrogen) atoms. The predicted octanol–water partition coefficient (Wildman–Crippen LogP) is 1.63. The first kappa shape index (κ1) is 15.6. The van der Waals surface area contributed by atoms with Crippen LogP contribution in [0, 0.1) is 0 Å². The largest absolute Gasteiger partial charge is 0.390 e. The third-order valence-electron chi connectivity index (χ3n) is 2.57. The van der Waals surface area contributed by atoms with Crippen molar-refractivity contribution in [3.63, 3.8) is 0 Å². The molecule has 0 spiro atoms. The number of aliphatic hydroxyl groups is 1. The first-order valence-electron chi connectivity index (χ1n) is 6.27. The Labute approximate surface area is 101 Å². The van der Waals surface area contributed by atoms with Crippen LogP contribution in [0.5, 0.6) is 0 Å². The lowest BCUT2D eigenvalue weighted by molar-refractivity contribution is 0.130. The molecule has 0 aliphatic rings. The average Bonchev–Trinajstić information content (AvgIpc) is 2.21. The molecule has 0 radical (unpaired) electrons. The Balaban J connectivity index is 3.76. The van der Waals surface area contributed by atoms with Gasteiger partial charge in [-0.15, -0.1) is 6.58 Å². The van der Waals surface area contributed by atoms with Crippen LogP contribution in [-0.2, 0) is 0 Å². The molecule has 0 aromatic carbocycles. The molecule has 2 unspecified atom stereocenters. The quantitative estimate of drug-likeness (QED) is 0.558. The summed E-state index contributed by atoms with van der Waals surface area (Å²) in [5, 5.41) is 13.2. The lowest BCUT2D eigenvalue weighted by Gasteiger charge is -2.21. The van der Waals surface area contributed by atoms with Gasteiger partial charge in [-0.3, -0.25) is 0 Å². The summed E-state index contributed by atoms with van der Waals surface area (Å²) in [6.45, 7) is 7.33. The van der Waals surface area contributed by atoms with E-state index in [1.54, 1.807) is 0 Å². The van der Waals surface area contributed by atoms with Gasteiger partial charge in [0, 0.05) is 19.1 Å². The minimum Gasteiger partial charge on any atom is -0.390 e. The van der Waals surface area contributed by atoms with Crippen molar-refractivity contribution in [2.45, 2.75) is 44.8 Å². The van der Waals surface area contributed by atoms with Gasteiger partial charge in [-0.05, 0) is 33.4 Å². The number of hydrogen-bond donors (Lipinski definition) is 2. The van der Waals surface area contributed by atoms with Crippen molar-refractivity contribution in [3.05, 3.63) is 12.7 Å². The van der Waals surface area contributed by atoms with E-state index in [0.29, 0.717) is 19.1 Å². The van der Waals surface area contributed by atoms with Gasteiger partial charge in [0.2, 0.25) is 0 Å². The summed E-state index contributed by atoms with van der Waals surface area (Å²) < 4.78 is 0. The van der Waals surface area contributed by atoms with Crippen molar-refractivity contribution < 1.29 is 5.11 Å². The third kappa shape index (κ3) is 8.89. The maximum absolute atomic E-state index is 9.74. The maximum atomic E-state index is 9.74. The Morgan fingerprint density at radius 2 is 2.06 bits per heavy atom. The van der Waals surface area contributed by atoms with Crippen LogP contribution in [0.15, 0.2) is 12.7 Å². The van der Waals surface area contributed by atoms with Crippen molar-refractivity contribution >= 4 is 0 Å². The number of nitrogens with one attached hydrogen (secondary N) is 1. The van der Waals surface area contributed by atoms with Gasteiger partial charge in [0.05, 0.1) is 6.10 Å². The van der Waals surface area contributed by atoms with E-state index >= 15 is 0 Å². The van der Waals surface area contributed by atoms with Gasteiger partial charge in [0.25, 0.3) is 0 Å². The lowest BCUT2D eigenvalue weighted by Crippen LogP contribution is -2.39. The number of allylic oxidation sites excluding steroid dienone is 1. The van der Waals surface area contributed by atoms with E-state index in [0.717, 1.165) is 12.8 Å². The van der Waals surface area contributed by atoms with E-state index < -0.39 is 0 Å². The topological polar surface area (TPSA) is 35.5 Å². The van der Waals surface area contributed by atoms with Gasteiger partial charge >= 0.3 is 0 Å². The lowest BCUT2D eigenvalue weighted by atomic mass is 10.1. The van der Waals surface area contributed by atoms with Crippen LogP contribution in [0.25, 0.3) is 0 Å². The number of aliphatic hydroxyl groups excluding tert-OH is 1. The molecule has 2 atom stereocenters. The molecular weight excluding hydrogens is 200 g/mol. The highest BCUT2D eigenvalue weighted by Gasteiger charge is 2.10. The van der Waals surface area contributed by atoms with Gasteiger partial charge in [0.15, 0.2) is 0 Å². The molecule has 3 heteroatoms. The molecule has 0 saturated carbocycles. The maximum Gasteiger partial charge on any atom is 0.0791 e. The molecule has 0 rings (SSSR count). The Morgan fingerprint density at radius 3 is 2.56 bits per heavy atom. The van der Waals surface area contributed by atoms with Crippen LogP contribution < -0.4 is 5.32 Å². The molecule has 0 aromatic rings. The molecule has 0 saturated heterocycles. The molecule has 2 N–H and O–H groups in total. The molecule has 0 aromatic heterocycles. The predicted molar refractivity (Wildman–Crippen MR) is 70.7 cm³/mol. The first-order chi connectivity index (χ1) is 7.60. The summed E-state index contributed by atoms with van der Waals surface area (Å²) in [5.41, 5.74) is 0. The van der Waals surface area contributed by atoms with Crippen molar-refractivity contribution in [2.75, 3.05) is 27.2 Å². The fraction of sp³-hybridized carbons (Fsp3) is 0.846. The van der Waals surface area contributed by atoms with E-state index in [4.69, 9.17) is 0 Å². The van der Waals surface area contributed by atoms with Gasteiger partial charge in [0.1, 0.15) is 0 Å². The molecule has 0 fully saturated rings. The number of hydrogen-bond acceptors (Lipinski definition) is 3. The van der Waals surface area contributed by atoms with Crippen molar-refractivity contribution in [1.29, 1.82) is 0 Å². The fourth-order valence-corrected chi connectivity index (χ4v) is 1.80. The van der Waals surface area contributed by atoms with Gasteiger partial charge in [-0.1, -0.05) is 19.4 Å². The SMILES string of the molecule is C=CCCC(CCC)NCC(O)CN(C)C. The van der Waals surface area contributed by atoms with Crippen LogP contribution in [0.1, 0.15) is 32.6 Å². The molecule has 0 bridgehead atoms.